The van der Waals surface area contributed by atoms with Crippen molar-refractivity contribution in [3.63, 3.8) is 0 Å². The van der Waals surface area contributed by atoms with Gasteiger partial charge >= 0.3 is 0 Å². The maximum absolute atomic E-state index is 5.87. The van der Waals surface area contributed by atoms with E-state index in [1.165, 1.54) is 5.56 Å². The van der Waals surface area contributed by atoms with Gasteiger partial charge in [-0.25, -0.2) is 0 Å². The lowest BCUT2D eigenvalue weighted by atomic mass is 10.1. The molecule has 0 spiro atoms. The highest BCUT2D eigenvalue weighted by Gasteiger charge is 2.14. The molecule has 0 saturated carbocycles. The Balaban J connectivity index is 2.18. The number of nitrogens with zero attached hydrogens (tertiary/aromatic N) is 2. The highest BCUT2D eigenvalue weighted by atomic mass is 32.1. The van der Waals surface area contributed by atoms with Gasteiger partial charge in [0.05, 0.1) is 4.88 Å². The van der Waals surface area contributed by atoms with Gasteiger partial charge in [-0.1, -0.05) is 19.0 Å². The van der Waals surface area contributed by atoms with Crippen molar-refractivity contribution in [2.45, 2.75) is 39.2 Å². The Labute approximate surface area is 105 Å². The summed E-state index contributed by atoms with van der Waals surface area (Å²) in [5.74, 6) is 1.32. The van der Waals surface area contributed by atoms with Gasteiger partial charge in [0.15, 0.2) is 5.82 Å². The van der Waals surface area contributed by atoms with Crippen molar-refractivity contribution in [2.24, 2.45) is 5.73 Å². The number of nitrogens with two attached hydrogens (primary N) is 1. The first-order valence-electron chi connectivity index (χ1n) is 5.89. The largest absolute Gasteiger partial charge is 0.333 e. The lowest BCUT2D eigenvalue weighted by molar-refractivity contribution is 0.419. The topological polar surface area (TPSA) is 64.9 Å². The van der Waals surface area contributed by atoms with Crippen LogP contribution in [0.25, 0.3) is 10.8 Å². The zero-order valence-electron chi connectivity index (χ0n) is 10.1. The molecule has 0 aliphatic heterocycles. The molecule has 2 aromatic heterocycles. The first-order chi connectivity index (χ1) is 8.24. The quantitative estimate of drug-likeness (QED) is 0.887. The molecular formula is C12H17N3OS. The lowest BCUT2D eigenvalue weighted by Crippen LogP contribution is -2.21. The molecule has 2 aromatic rings. The molecule has 0 amide bonds. The molecule has 0 aliphatic carbocycles. The molecule has 0 radical (unpaired) electrons. The smallest absolute Gasteiger partial charge is 0.268 e. The fourth-order valence-corrected chi connectivity index (χ4v) is 2.53. The minimum absolute atomic E-state index is 0.106. The number of aryl methyl sites for hydroxylation is 1. The van der Waals surface area contributed by atoms with Gasteiger partial charge in [-0.15, -0.1) is 11.3 Å². The van der Waals surface area contributed by atoms with Crippen molar-refractivity contribution in [1.82, 2.24) is 10.1 Å². The monoisotopic (exact) mass is 251 g/mol. The van der Waals surface area contributed by atoms with Gasteiger partial charge in [0, 0.05) is 12.5 Å². The summed E-state index contributed by atoms with van der Waals surface area (Å²) in [6, 6.07) is 2.20. The molecular weight excluding hydrogens is 234 g/mol. The van der Waals surface area contributed by atoms with Crippen LogP contribution in [0, 0.1) is 0 Å². The van der Waals surface area contributed by atoms with Crippen molar-refractivity contribution in [2.75, 3.05) is 0 Å². The summed E-state index contributed by atoms with van der Waals surface area (Å²) in [5, 5.41) is 6.03. The first kappa shape index (κ1) is 12.3. The summed E-state index contributed by atoms with van der Waals surface area (Å²) >= 11 is 1.64. The third-order valence-electron chi connectivity index (χ3n) is 2.76. The molecule has 5 heteroatoms. The van der Waals surface area contributed by atoms with E-state index in [1.807, 2.05) is 0 Å². The summed E-state index contributed by atoms with van der Waals surface area (Å²) in [6.07, 6.45) is 2.57. The van der Waals surface area contributed by atoms with Crippen LogP contribution in [-0.4, -0.2) is 16.2 Å². The van der Waals surface area contributed by atoms with Crippen LogP contribution in [0.15, 0.2) is 16.0 Å². The van der Waals surface area contributed by atoms with Crippen molar-refractivity contribution in [3.05, 3.63) is 22.8 Å². The average Bonchev–Trinajstić information content (AvgIpc) is 2.95. The third kappa shape index (κ3) is 2.73. The number of hydrogen-bond donors (Lipinski definition) is 1. The van der Waals surface area contributed by atoms with E-state index in [4.69, 9.17) is 10.3 Å². The van der Waals surface area contributed by atoms with Gasteiger partial charge < -0.3 is 10.3 Å². The summed E-state index contributed by atoms with van der Waals surface area (Å²) < 4.78 is 5.29. The summed E-state index contributed by atoms with van der Waals surface area (Å²) in [4.78, 5) is 5.48. The Morgan fingerprint density at radius 1 is 1.47 bits per heavy atom. The van der Waals surface area contributed by atoms with Crippen molar-refractivity contribution in [1.29, 1.82) is 0 Å². The minimum atomic E-state index is 0.106. The fourth-order valence-electron chi connectivity index (χ4n) is 1.61. The second-order valence-electron chi connectivity index (χ2n) is 4.02. The molecule has 0 aromatic carbocycles. The third-order valence-corrected chi connectivity index (χ3v) is 3.70. The van der Waals surface area contributed by atoms with Crippen molar-refractivity contribution in [3.8, 4) is 10.8 Å². The van der Waals surface area contributed by atoms with E-state index in [2.05, 4.69) is 35.4 Å². The van der Waals surface area contributed by atoms with Gasteiger partial charge in [-0.05, 0) is 29.9 Å². The summed E-state index contributed by atoms with van der Waals surface area (Å²) in [5.41, 5.74) is 7.12. The molecule has 4 nitrogen and oxygen atoms in total. The van der Waals surface area contributed by atoms with E-state index in [0.29, 0.717) is 18.1 Å². The van der Waals surface area contributed by atoms with Crippen LogP contribution in [-0.2, 0) is 12.8 Å². The molecule has 1 atom stereocenters. The summed E-state index contributed by atoms with van der Waals surface area (Å²) in [6.45, 7) is 4.18. The Morgan fingerprint density at radius 2 is 2.29 bits per heavy atom. The molecule has 0 saturated heterocycles. The van der Waals surface area contributed by atoms with Gasteiger partial charge in [-0.2, -0.15) is 4.98 Å². The predicted molar refractivity (Wildman–Crippen MR) is 69.0 cm³/mol. The highest BCUT2D eigenvalue weighted by molar-refractivity contribution is 7.13. The number of thiophene rings is 1. The highest BCUT2D eigenvalue weighted by Crippen LogP contribution is 2.28. The van der Waals surface area contributed by atoms with Gasteiger partial charge in [0.25, 0.3) is 5.89 Å². The number of hydrogen-bond acceptors (Lipinski definition) is 5. The molecule has 17 heavy (non-hydrogen) atoms. The maximum Gasteiger partial charge on any atom is 0.268 e. The molecule has 1 unspecified atom stereocenters. The molecule has 2 rings (SSSR count). The zero-order chi connectivity index (χ0) is 12.3. The van der Waals surface area contributed by atoms with Crippen LogP contribution < -0.4 is 5.73 Å². The summed E-state index contributed by atoms with van der Waals surface area (Å²) in [7, 11) is 0. The van der Waals surface area contributed by atoms with Crippen LogP contribution in [0.2, 0.25) is 0 Å². The van der Waals surface area contributed by atoms with Crippen molar-refractivity contribution >= 4 is 11.3 Å². The first-order valence-corrected chi connectivity index (χ1v) is 6.77. The fraction of sp³-hybridized carbons (Fsp3) is 0.500. The zero-order valence-corrected chi connectivity index (χ0v) is 11.0. The minimum Gasteiger partial charge on any atom is -0.333 e. The predicted octanol–water partition coefficient (Wildman–Crippen LogP) is 2.64. The van der Waals surface area contributed by atoms with Crippen molar-refractivity contribution < 1.29 is 4.52 Å². The molecule has 0 fully saturated rings. The Morgan fingerprint density at radius 3 is 3.00 bits per heavy atom. The van der Waals surface area contributed by atoms with Gasteiger partial charge in [0.1, 0.15) is 0 Å². The maximum atomic E-state index is 5.87. The van der Waals surface area contributed by atoms with Gasteiger partial charge in [0.2, 0.25) is 0 Å². The van der Waals surface area contributed by atoms with E-state index < -0.39 is 0 Å². The van der Waals surface area contributed by atoms with Crippen LogP contribution in [0.3, 0.4) is 0 Å². The second-order valence-corrected chi connectivity index (χ2v) is 4.93. The molecule has 92 valence electrons. The van der Waals surface area contributed by atoms with Crippen LogP contribution in [0.4, 0.5) is 0 Å². The normalized spacial score (nSPS) is 12.9. The molecule has 0 aliphatic rings. The van der Waals surface area contributed by atoms with Gasteiger partial charge in [-0.3, -0.25) is 0 Å². The Hall–Kier alpha value is -1.20. The second kappa shape index (κ2) is 5.42. The van der Waals surface area contributed by atoms with E-state index in [-0.39, 0.29) is 6.04 Å². The Bertz CT molecular complexity index is 478. The van der Waals surface area contributed by atoms with E-state index in [9.17, 15) is 0 Å². The SMILES string of the molecule is CCc1ccsc1-c1nc(CC(N)CC)no1. The van der Waals surface area contributed by atoms with E-state index in [1.54, 1.807) is 11.3 Å². The number of aromatic nitrogens is 2. The van der Waals surface area contributed by atoms with E-state index >= 15 is 0 Å². The standard InChI is InChI=1S/C12H17N3OS/c1-3-8-5-6-17-11(8)12-14-10(15-16-12)7-9(13)4-2/h5-6,9H,3-4,7,13H2,1-2H3. The molecule has 2 heterocycles. The van der Waals surface area contributed by atoms with E-state index in [0.717, 1.165) is 17.7 Å². The number of rotatable bonds is 5. The lowest BCUT2D eigenvalue weighted by Gasteiger charge is -2.02. The Kier molecular flexibility index (Phi) is 3.91. The van der Waals surface area contributed by atoms with Crippen LogP contribution in [0.1, 0.15) is 31.7 Å². The average molecular weight is 251 g/mol. The van der Waals surface area contributed by atoms with Crippen LogP contribution in [0.5, 0.6) is 0 Å². The molecule has 2 N–H and O–H groups in total. The molecule has 0 bridgehead atoms. The van der Waals surface area contributed by atoms with Crippen LogP contribution >= 0.6 is 11.3 Å².